The van der Waals surface area contributed by atoms with Gasteiger partial charge in [0, 0.05) is 15.4 Å². The lowest BCUT2D eigenvalue weighted by Gasteiger charge is -2.33. The maximum absolute atomic E-state index is 13.7. The van der Waals surface area contributed by atoms with Crippen molar-refractivity contribution in [2.24, 2.45) is 0 Å². The SMILES string of the molecule is O=C1c2c(cccc2N2c3ccccc3Sc3ccccc32)-c2nc3ccccc3n21. The molecule has 2 aliphatic rings. The standard InChI is InChI=1S/C26H15N3OS/c30-26-24-16(25-27-17-9-1-2-10-18(17)29(25)26)8-7-13-21(24)28-19-11-3-5-14-22(19)31-23-15-6-4-12-20(23)28/h1-15H. The van der Waals surface area contributed by atoms with Gasteiger partial charge in [0.2, 0.25) is 0 Å². The van der Waals surface area contributed by atoms with Crippen LogP contribution in [0.3, 0.4) is 0 Å². The summed E-state index contributed by atoms with van der Waals surface area (Å²) in [6, 6.07) is 30.6. The summed E-state index contributed by atoms with van der Waals surface area (Å²) >= 11 is 1.76. The van der Waals surface area contributed by atoms with Gasteiger partial charge in [0.25, 0.3) is 5.91 Å². The molecule has 31 heavy (non-hydrogen) atoms. The van der Waals surface area contributed by atoms with E-state index in [-0.39, 0.29) is 5.91 Å². The summed E-state index contributed by atoms with van der Waals surface area (Å²) in [6.07, 6.45) is 0. The highest BCUT2D eigenvalue weighted by Crippen LogP contribution is 2.53. The summed E-state index contributed by atoms with van der Waals surface area (Å²) in [5, 5.41) is 0. The predicted octanol–water partition coefficient (Wildman–Crippen LogP) is 6.64. The lowest BCUT2D eigenvalue weighted by molar-refractivity contribution is 0.0974. The van der Waals surface area contributed by atoms with Crippen LogP contribution in [-0.2, 0) is 0 Å². The molecule has 5 heteroatoms. The van der Waals surface area contributed by atoms with Crippen molar-refractivity contribution in [1.29, 1.82) is 0 Å². The van der Waals surface area contributed by atoms with Crippen molar-refractivity contribution in [3.63, 3.8) is 0 Å². The van der Waals surface area contributed by atoms with Gasteiger partial charge in [-0.2, -0.15) is 0 Å². The number of rotatable bonds is 1. The van der Waals surface area contributed by atoms with E-state index >= 15 is 0 Å². The van der Waals surface area contributed by atoms with Crippen molar-refractivity contribution >= 4 is 45.8 Å². The average Bonchev–Trinajstić information content (AvgIpc) is 3.33. The Morgan fingerprint density at radius 3 is 2.10 bits per heavy atom. The van der Waals surface area contributed by atoms with Crippen molar-refractivity contribution in [2.45, 2.75) is 9.79 Å². The molecule has 4 aromatic carbocycles. The van der Waals surface area contributed by atoms with Crippen LogP contribution in [-0.4, -0.2) is 15.5 Å². The van der Waals surface area contributed by atoms with E-state index in [0.29, 0.717) is 5.56 Å². The lowest BCUT2D eigenvalue weighted by atomic mass is 10.0. The number of imidazole rings is 1. The summed E-state index contributed by atoms with van der Waals surface area (Å²) in [5.41, 5.74) is 6.33. The lowest BCUT2D eigenvalue weighted by Crippen LogP contribution is -2.18. The summed E-state index contributed by atoms with van der Waals surface area (Å²) in [6.45, 7) is 0. The van der Waals surface area contributed by atoms with Crippen LogP contribution >= 0.6 is 11.8 Å². The summed E-state index contributed by atoms with van der Waals surface area (Å²) in [4.78, 5) is 23.1. The highest BCUT2D eigenvalue weighted by molar-refractivity contribution is 7.99. The monoisotopic (exact) mass is 417 g/mol. The Bertz CT molecular complexity index is 1510. The zero-order chi connectivity index (χ0) is 20.5. The maximum Gasteiger partial charge on any atom is 0.267 e. The molecule has 4 nitrogen and oxygen atoms in total. The molecule has 1 aromatic heterocycles. The molecule has 0 atom stereocenters. The van der Waals surface area contributed by atoms with Gasteiger partial charge in [0.05, 0.1) is 33.7 Å². The first-order chi connectivity index (χ1) is 15.3. The van der Waals surface area contributed by atoms with Gasteiger partial charge in [-0.3, -0.25) is 9.36 Å². The number of carbonyl (C=O) groups is 1. The van der Waals surface area contributed by atoms with E-state index < -0.39 is 0 Å². The molecule has 0 saturated carbocycles. The molecule has 3 heterocycles. The van der Waals surface area contributed by atoms with Crippen molar-refractivity contribution in [3.8, 4) is 11.4 Å². The molecule has 2 aliphatic heterocycles. The third-order valence-corrected chi connectivity index (χ3v) is 7.06. The molecule has 0 aliphatic carbocycles. The number of carbonyl (C=O) groups excluding carboxylic acids is 1. The number of anilines is 3. The normalized spacial score (nSPS) is 13.7. The molecule has 0 spiro atoms. The van der Waals surface area contributed by atoms with Gasteiger partial charge < -0.3 is 4.90 Å². The molecule has 5 aromatic rings. The molecule has 0 radical (unpaired) electrons. The largest absolute Gasteiger partial charge is 0.307 e. The van der Waals surface area contributed by atoms with E-state index in [1.807, 2.05) is 54.6 Å². The number of benzene rings is 4. The van der Waals surface area contributed by atoms with Crippen LogP contribution in [0.2, 0.25) is 0 Å². The van der Waals surface area contributed by atoms with E-state index in [0.717, 1.165) is 39.5 Å². The van der Waals surface area contributed by atoms with Crippen LogP contribution in [0.5, 0.6) is 0 Å². The molecule has 146 valence electrons. The zero-order valence-electron chi connectivity index (χ0n) is 16.3. The first kappa shape index (κ1) is 16.9. The van der Waals surface area contributed by atoms with Crippen LogP contribution in [0.1, 0.15) is 10.4 Å². The zero-order valence-corrected chi connectivity index (χ0v) is 17.1. The minimum atomic E-state index is -0.0255. The van der Waals surface area contributed by atoms with Gasteiger partial charge in [0.15, 0.2) is 0 Å². The van der Waals surface area contributed by atoms with Crippen LogP contribution in [0, 0.1) is 0 Å². The van der Waals surface area contributed by atoms with Gasteiger partial charge in [-0.05, 0) is 42.5 Å². The van der Waals surface area contributed by atoms with Gasteiger partial charge in [0.1, 0.15) is 5.82 Å². The first-order valence-electron chi connectivity index (χ1n) is 10.1. The second-order valence-corrected chi connectivity index (χ2v) is 8.72. The summed E-state index contributed by atoms with van der Waals surface area (Å²) in [7, 11) is 0. The molecule has 7 rings (SSSR count). The molecule has 0 bridgehead atoms. The van der Waals surface area contributed by atoms with E-state index in [9.17, 15) is 4.79 Å². The predicted molar refractivity (Wildman–Crippen MR) is 124 cm³/mol. The Hall–Kier alpha value is -3.83. The minimum absolute atomic E-state index is 0.0255. The minimum Gasteiger partial charge on any atom is -0.307 e. The highest BCUT2D eigenvalue weighted by atomic mass is 32.2. The van der Waals surface area contributed by atoms with Crippen LogP contribution in [0.4, 0.5) is 17.1 Å². The van der Waals surface area contributed by atoms with Crippen LogP contribution < -0.4 is 4.90 Å². The number of fused-ring (bicyclic) bond motifs is 7. The van der Waals surface area contributed by atoms with Gasteiger partial charge >= 0.3 is 0 Å². The number of nitrogens with zero attached hydrogens (tertiary/aromatic N) is 3. The van der Waals surface area contributed by atoms with E-state index in [1.54, 1.807) is 16.3 Å². The van der Waals surface area contributed by atoms with Gasteiger partial charge in [-0.1, -0.05) is 60.3 Å². The van der Waals surface area contributed by atoms with E-state index in [2.05, 4.69) is 41.3 Å². The van der Waals surface area contributed by atoms with E-state index in [1.165, 1.54) is 9.79 Å². The van der Waals surface area contributed by atoms with Gasteiger partial charge in [-0.25, -0.2) is 4.98 Å². The Labute approximate surface area is 182 Å². The summed E-state index contributed by atoms with van der Waals surface area (Å²) < 4.78 is 1.75. The topological polar surface area (TPSA) is 38.1 Å². The van der Waals surface area contributed by atoms with Gasteiger partial charge in [-0.15, -0.1) is 0 Å². The summed E-state index contributed by atoms with van der Waals surface area (Å²) in [5.74, 6) is 0.693. The second kappa shape index (κ2) is 6.09. The van der Waals surface area contributed by atoms with Crippen molar-refractivity contribution in [1.82, 2.24) is 9.55 Å². The third-order valence-electron chi connectivity index (χ3n) is 5.93. The third kappa shape index (κ3) is 2.21. The number of hydrogen-bond donors (Lipinski definition) is 0. The maximum atomic E-state index is 13.7. The molecule has 0 N–H and O–H groups in total. The Morgan fingerprint density at radius 1 is 0.677 bits per heavy atom. The fourth-order valence-electron chi connectivity index (χ4n) is 4.63. The number of hydrogen-bond acceptors (Lipinski definition) is 4. The van der Waals surface area contributed by atoms with Crippen molar-refractivity contribution < 1.29 is 4.79 Å². The van der Waals surface area contributed by atoms with E-state index in [4.69, 9.17) is 4.98 Å². The highest BCUT2D eigenvalue weighted by Gasteiger charge is 2.35. The Morgan fingerprint density at radius 2 is 1.32 bits per heavy atom. The molecule has 0 fully saturated rings. The Balaban J connectivity index is 1.52. The van der Waals surface area contributed by atoms with Crippen molar-refractivity contribution in [2.75, 3.05) is 4.90 Å². The first-order valence-corrected chi connectivity index (χ1v) is 10.9. The smallest absolute Gasteiger partial charge is 0.267 e. The fourth-order valence-corrected chi connectivity index (χ4v) is 5.68. The second-order valence-electron chi connectivity index (χ2n) is 7.64. The average molecular weight is 417 g/mol. The number of para-hydroxylation sites is 4. The molecule has 0 unspecified atom stereocenters. The fraction of sp³-hybridized carbons (Fsp3) is 0. The Kier molecular flexibility index (Phi) is 3.32. The van der Waals surface area contributed by atoms with Crippen LogP contribution in [0.15, 0.2) is 101 Å². The van der Waals surface area contributed by atoms with Crippen LogP contribution in [0.25, 0.3) is 22.4 Å². The van der Waals surface area contributed by atoms with Crippen molar-refractivity contribution in [3.05, 3.63) is 96.6 Å². The number of aromatic nitrogens is 2. The molecular formula is C26H15N3OS. The quantitative estimate of drug-likeness (QED) is 0.300. The molecule has 0 amide bonds. The molecule has 0 saturated heterocycles. The molecular weight excluding hydrogens is 402 g/mol.